The Hall–Kier alpha value is -0.300. The van der Waals surface area contributed by atoms with Crippen molar-refractivity contribution in [3.05, 3.63) is 12.7 Å². The van der Waals surface area contributed by atoms with Crippen molar-refractivity contribution in [3.63, 3.8) is 0 Å². The largest absolute Gasteiger partial charge is 0.303 e. The number of nitrogens with zero attached hydrogens (tertiary/aromatic N) is 1. The zero-order valence-electron chi connectivity index (χ0n) is 8.97. The standard InChI is InChI=1S/C12H23N/c1-3-4-5-6-9-12-10-7-8-11-13(12)2/h3,12H,1,4-11H2,2H3/t12-/m0/s1. The molecule has 1 rings (SSSR count). The first kappa shape index (κ1) is 10.8. The third kappa shape index (κ3) is 3.95. The van der Waals surface area contributed by atoms with Gasteiger partial charge in [-0.2, -0.15) is 0 Å². The smallest absolute Gasteiger partial charge is 0.00922 e. The average molecular weight is 181 g/mol. The van der Waals surface area contributed by atoms with Crippen LogP contribution in [-0.4, -0.2) is 24.5 Å². The number of piperidine rings is 1. The lowest BCUT2D eigenvalue weighted by Crippen LogP contribution is -2.35. The lowest BCUT2D eigenvalue weighted by atomic mass is 9.97. The summed E-state index contributed by atoms with van der Waals surface area (Å²) in [5.41, 5.74) is 0. The molecule has 0 aromatic heterocycles. The Balaban J connectivity index is 2.08. The zero-order valence-corrected chi connectivity index (χ0v) is 8.97. The van der Waals surface area contributed by atoms with E-state index in [1.54, 1.807) is 0 Å². The molecule has 1 aliphatic heterocycles. The normalized spacial score (nSPS) is 24.5. The highest BCUT2D eigenvalue weighted by molar-refractivity contribution is 4.74. The molecule has 0 N–H and O–H groups in total. The average Bonchev–Trinajstić information content (AvgIpc) is 2.15. The second-order valence-corrected chi connectivity index (χ2v) is 4.20. The topological polar surface area (TPSA) is 3.24 Å². The van der Waals surface area contributed by atoms with Crippen molar-refractivity contribution in [1.29, 1.82) is 0 Å². The van der Waals surface area contributed by atoms with E-state index in [-0.39, 0.29) is 0 Å². The molecular formula is C12H23N. The maximum absolute atomic E-state index is 3.75. The molecule has 0 saturated carbocycles. The van der Waals surface area contributed by atoms with Crippen molar-refractivity contribution in [3.8, 4) is 0 Å². The van der Waals surface area contributed by atoms with Crippen LogP contribution in [0, 0.1) is 0 Å². The fourth-order valence-corrected chi connectivity index (χ4v) is 2.18. The minimum Gasteiger partial charge on any atom is -0.303 e. The number of rotatable bonds is 5. The van der Waals surface area contributed by atoms with Gasteiger partial charge >= 0.3 is 0 Å². The number of hydrogen-bond donors (Lipinski definition) is 0. The van der Waals surface area contributed by atoms with E-state index < -0.39 is 0 Å². The van der Waals surface area contributed by atoms with Crippen molar-refractivity contribution in [2.75, 3.05) is 13.6 Å². The molecule has 0 unspecified atom stereocenters. The third-order valence-electron chi connectivity index (χ3n) is 3.12. The van der Waals surface area contributed by atoms with E-state index in [4.69, 9.17) is 0 Å². The highest BCUT2D eigenvalue weighted by Crippen LogP contribution is 2.19. The van der Waals surface area contributed by atoms with Crippen LogP contribution in [0.1, 0.15) is 44.9 Å². The highest BCUT2D eigenvalue weighted by Gasteiger charge is 2.17. The maximum Gasteiger partial charge on any atom is 0.00922 e. The van der Waals surface area contributed by atoms with Crippen molar-refractivity contribution in [2.24, 2.45) is 0 Å². The van der Waals surface area contributed by atoms with Gasteiger partial charge in [-0.05, 0) is 45.7 Å². The Morgan fingerprint density at radius 3 is 2.92 bits per heavy atom. The van der Waals surface area contributed by atoms with Crippen LogP contribution in [0.5, 0.6) is 0 Å². The van der Waals surface area contributed by atoms with E-state index in [0.29, 0.717) is 0 Å². The van der Waals surface area contributed by atoms with Gasteiger partial charge in [-0.25, -0.2) is 0 Å². The SMILES string of the molecule is C=CCCCC[C@H]1CCCCN1C. The Kier molecular flexibility index (Phi) is 5.14. The molecule has 1 fully saturated rings. The van der Waals surface area contributed by atoms with Gasteiger partial charge in [-0.1, -0.05) is 18.9 Å². The summed E-state index contributed by atoms with van der Waals surface area (Å²) < 4.78 is 0. The van der Waals surface area contributed by atoms with Crippen LogP contribution in [-0.2, 0) is 0 Å². The minimum atomic E-state index is 0.874. The molecule has 76 valence electrons. The fourth-order valence-electron chi connectivity index (χ4n) is 2.18. The first-order valence-electron chi connectivity index (χ1n) is 5.65. The molecule has 1 heteroatoms. The molecule has 0 aromatic carbocycles. The maximum atomic E-state index is 3.75. The van der Waals surface area contributed by atoms with Gasteiger partial charge < -0.3 is 4.90 Å². The molecule has 0 aliphatic carbocycles. The fraction of sp³-hybridized carbons (Fsp3) is 0.833. The van der Waals surface area contributed by atoms with Crippen molar-refractivity contribution in [2.45, 2.75) is 51.0 Å². The predicted octanol–water partition coefficient (Wildman–Crippen LogP) is 3.22. The first-order chi connectivity index (χ1) is 6.34. The molecule has 0 amide bonds. The summed E-state index contributed by atoms with van der Waals surface area (Å²) in [5.74, 6) is 0. The van der Waals surface area contributed by atoms with Crippen LogP contribution < -0.4 is 0 Å². The summed E-state index contributed by atoms with van der Waals surface area (Å²) in [6.45, 7) is 5.06. The summed E-state index contributed by atoms with van der Waals surface area (Å²) >= 11 is 0. The first-order valence-corrected chi connectivity index (χ1v) is 5.65. The number of unbranched alkanes of at least 4 members (excludes halogenated alkanes) is 2. The van der Waals surface area contributed by atoms with Crippen LogP contribution in [0.25, 0.3) is 0 Å². The Morgan fingerprint density at radius 1 is 1.38 bits per heavy atom. The van der Waals surface area contributed by atoms with Crippen LogP contribution in [0.15, 0.2) is 12.7 Å². The minimum absolute atomic E-state index is 0.874. The molecule has 0 spiro atoms. The Labute approximate surface area is 82.8 Å². The second-order valence-electron chi connectivity index (χ2n) is 4.20. The summed E-state index contributed by atoms with van der Waals surface area (Å²) in [5, 5.41) is 0. The molecule has 1 saturated heterocycles. The van der Waals surface area contributed by atoms with Crippen LogP contribution >= 0.6 is 0 Å². The molecule has 1 nitrogen and oxygen atoms in total. The van der Waals surface area contributed by atoms with Gasteiger partial charge in [0.2, 0.25) is 0 Å². The lowest BCUT2D eigenvalue weighted by molar-refractivity contribution is 0.173. The van der Waals surface area contributed by atoms with Gasteiger partial charge in [-0.15, -0.1) is 6.58 Å². The number of hydrogen-bond acceptors (Lipinski definition) is 1. The second kappa shape index (κ2) is 6.20. The van der Waals surface area contributed by atoms with E-state index in [1.807, 2.05) is 6.08 Å². The highest BCUT2D eigenvalue weighted by atomic mass is 15.1. The monoisotopic (exact) mass is 181 g/mol. The van der Waals surface area contributed by atoms with E-state index >= 15 is 0 Å². The number of likely N-dealkylation sites (tertiary alicyclic amines) is 1. The third-order valence-corrected chi connectivity index (χ3v) is 3.12. The molecule has 1 aliphatic rings. The van der Waals surface area contributed by atoms with Crippen LogP contribution in [0.3, 0.4) is 0 Å². The summed E-state index contributed by atoms with van der Waals surface area (Å²) in [7, 11) is 2.28. The zero-order chi connectivity index (χ0) is 9.52. The molecular weight excluding hydrogens is 158 g/mol. The molecule has 0 radical (unpaired) electrons. The van der Waals surface area contributed by atoms with E-state index in [0.717, 1.165) is 6.04 Å². The van der Waals surface area contributed by atoms with Gasteiger partial charge in [0.25, 0.3) is 0 Å². The van der Waals surface area contributed by atoms with E-state index in [1.165, 1.54) is 51.5 Å². The Morgan fingerprint density at radius 2 is 2.23 bits per heavy atom. The summed E-state index contributed by atoms with van der Waals surface area (Å²) in [6, 6.07) is 0.874. The number of allylic oxidation sites excluding steroid dienone is 1. The van der Waals surface area contributed by atoms with Gasteiger partial charge in [0.05, 0.1) is 0 Å². The van der Waals surface area contributed by atoms with Crippen molar-refractivity contribution in [1.82, 2.24) is 4.90 Å². The molecule has 0 aromatic rings. The van der Waals surface area contributed by atoms with Gasteiger partial charge in [0.1, 0.15) is 0 Å². The summed E-state index contributed by atoms with van der Waals surface area (Å²) in [6.07, 6.45) is 11.6. The van der Waals surface area contributed by atoms with E-state index in [2.05, 4.69) is 18.5 Å². The van der Waals surface area contributed by atoms with Crippen molar-refractivity contribution < 1.29 is 0 Å². The lowest BCUT2D eigenvalue weighted by Gasteiger charge is -2.32. The van der Waals surface area contributed by atoms with Crippen LogP contribution in [0.2, 0.25) is 0 Å². The predicted molar refractivity (Wildman–Crippen MR) is 58.9 cm³/mol. The van der Waals surface area contributed by atoms with Gasteiger partial charge in [-0.3, -0.25) is 0 Å². The molecule has 1 heterocycles. The summed E-state index contributed by atoms with van der Waals surface area (Å²) in [4.78, 5) is 2.54. The van der Waals surface area contributed by atoms with Gasteiger partial charge in [0, 0.05) is 6.04 Å². The molecule has 1 atom stereocenters. The molecule has 0 bridgehead atoms. The van der Waals surface area contributed by atoms with Crippen molar-refractivity contribution >= 4 is 0 Å². The molecule has 13 heavy (non-hydrogen) atoms. The quantitative estimate of drug-likeness (QED) is 0.465. The van der Waals surface area contributed by atoms with E-state index in [9.17, 15) is 0 Å². The van der Waals surface area contributed by atoms with Crippen LogP contribution in [0.4, 0.5) is 0 Å². The van der Waals surface area contributed by atoms with Gasteiger partial charge in [0.15, 0.2) is 0 Å². The Bertz CT molecular complexity index is 142.